The second-order valence-electron chi connectivity index (χ2n) is 0.316. The van der Waals surface area contributed by atoms with Crippen molar-refractivity contribution < 1.29 is 39.3 Å². The van der Waals surface area contributed by atoms with Gasteiger partial charge in [0.2, 0.25) is 0 Å². The van der Waals surface area contributed by atoms with Crippen LogP contribution in [0, 0.1) is 0 Å². The van der Waals surface area contributed by atoms with Gasteiger partial charge >= 0.3 is 29.6 Å². The molecule has 0 atom stereocenters. The van der Waals surface area contributed by atoms with Gasteiger partial charge in [0.25, 0.3) is 0 Å². The second-order valence-corrected chi connectivity index (χ2v) is 0.316. The average molecular weight is 121 g/mol. The molecule has 0 amide bonds. The van der Waals surface area contributed by atoms with Crippen molar-refractivity contribution in [2.45, 2.75) is 6.92 Å². The number of hydrogen-bond donors (Lipinski definition) is 1. The number of aliphatic hydroxyl groups is 1. The molecule has 0 fully saturated rings. The second kappa shape index (κ2) is 34.5. The molecule has 0 aromatic heterocycles. The maximum atomic E-state index is 7.72. The van der Waals surface area contributed by atoms with Gasteiger partial charge in [0.1, 0.15) is 0 Å². The van der Waals surface area contributed by atoms with Crippen molar-refractivity contribution >= 4 is 11.9 Å². The van der Waals surface area contributed by atoms with E-state index in [4.69, 9.17) is 9.77 Å². The Hall–Kier alpha value is 1.21. The third-order valence-corrected chi connectivity index (χ3v) is 0. The van der Waals surface area contributed by atoms with E-state index in [9.17, 15) is 0 Å². The van der Waals surface area contributed by atoms with Gasteiger partial charge in [0.15, 0.2) is 0 Å². The number of aliphatic hydroxyl groups excluding tert-OH is 1. The molecule has 0 radical (unpaired) electrons. The minimum Gasteiger partial charge on any atom is -0.769 e. The quantitative estimate of drug-likeness (QED) is 0.337. The first-order chi connectivity index (χ1) is 2.41. The summed E-state index contributed by atoms with van der Waals surface area (Å²) < 4.78 is 7.72. The third kappa shape index (κ3) is 63.1. The first-order valence-corrected chi connectivity index (χ1v) is 1.49. The molecule has 0 aromatic rings. The topological polar surface area (TPSA) is 43.3 Å². The molecule has 0 aromatic carbocycles. The van der Waals surface area contributed by atoms with Crippen molar-refractivity contribution in [3.05, 3.63) is 0 Å². The Balaban J connectivity index is -0.0000000275. The van der Waals surface area contributed by atoms with Gasteiger partial charge in [-0.05, 0) is 6.92 Å². The van der Waals surface area contributed by atoms with Crippen LogP contribution in [0.25, 0.3) is 0 Å². The van der Waals surface area contributed by atoms with Crippen LogP contribution in [0.15, 0.2) is 0 Å². The van der Waals surface area contributed by atoms with Crippen LogP contribution in [0.3, 0.4) is 0 Å². The van der Waals surface area contributed by atoms with Crippen molar-refractivity contribution in [1.82, 2.24) is 0 Å². The van der Waals surface area contributed by atoms with Gasteiger partial charge in [-0.15, -0.1) is 0 Å². The van der Waals surface area contributed by atoms with E-state index in [0.717, 1.165) is 0 Å². The molecule has 0 saturated heterocycles. The third-order valence-electron chi connectivity index (χ3n) is 0. The van der Waals surface area contributed by atoms with E-state index in [-0.39, 0.29) is 36.2 Å². The van der Waals surface area contributed by atoms with Crippen molar-refractivity contribution in [3.63, 3.8) is 0 Å². The van der Waals surface area contributed by atoms with E-state index in [1.54, 1.807) is 6.92 Å². The van der Waals surface area contributed by atoms with Crippen LogP contribution in [-0.2, 0) is 0 Å². The molecule has 2 nitrogen and oxygen atoms in total. The Morgan fingerprint density at radius 1 is 1.67 bits per heavy atom. The van der Waals surface area contributed by atoms with Crippen LogP contribution in [0.4, 0.5) is 0 Å². The van der Waals surface area contributed by atoms with Gasteiger partial charge < -0.3 is 9.77 Å². The van der Waals surface area contributed by atoms with Crippen LogP contribution < -0.4 is 34.2 Å². The normalized spacial score (nSPS) is 4.00. The zero-order chi connectivity index (χ0) is 4.71. The van der Waals surface area contributed by atoms with Crippen molar-refractivity contribution in [2.24, 2.45) is 0 Å². The number of hydrogen-bond acceptors (Lipinski definition) is 2. The first kappa shape index (κ1) is 15.7. The summed E-state index contributed by atoms with van der Waals surface area (Å²) in [6.45, 7) is 1.93. The van der Waals surface area contributed by atoms with E-state index in [0.29, 0.717) is 0 Å². The van der Waals surface area contributed by atoms with E-state index >= 15 is 0 Å². The molecule has 0 aliphatic carbocycles. The van der Waals surface area contributed by atoms with Crippen molar-refractivity contribution in [3.8, 4) is 0 Å². The predicted molar refractivity (Wildman–Crippen MR) is 18.6 cm³/mol. The molecule has 0 spiro atoms. The van der Waals surface area contributed by atoms with Gasteiger partial charge in [0, 0.05) is 6.61 Å². The molecule has 0 rings (SSSR count). The van der Waals surface area contributed by atoms with Crippen LogP contribution in [0.5, 0.6) is 0 Å². The molecule has 0 aliphatic heterocycles. The predicted octanol–water partition coefficient (Wildman–Crippen LogP) is -3.50. The molecule has 1 N–H and O–H groups in total. The molecule has 0 aliphatic rings. The summed E-state index contributed by atoms with van der Waals surface area (Å²) in [6.07, 6.45) is 0. The maximum Gasteiger partial charge on any atom is 1.00 e. The smallest absolute Gasteiger partial charge is 0.769 e. The summed E-state index contributed by atoms with van der Waals surface area (Å²) in [7, 11) is 0. The standard InChI is InChI=1S/C2H6O.ClO.Na/c1-2-3;1-2;/h3H,2H2,1H3;;/q;-1;+1. The fraction of sp³-hybridized carbons (Fsp3) is 1.00. The number of rotatable bonds is 0. The van der Waals surface area contributed by atoms with E-state index < -0.39 is 0 Å². The average Bonchev–Trinajstić information content (AvgIpc) is 1.46. The van der Waals surface area contributed by atoms with Gasteiger partial charge in [-0.1, -0.05) is 0 Å². The van der Waals surface area contributed by atoms with Gasteiger partial charge in [-0.2, -0.15) is 0 Å². The Bertz CT molecular complexity index is 11.5. The van der Waals surface area contributed by atoms with Gasteiger partial charge in [0.05, 0.1) is 0 Å². The summed E-state index contributed by atoms with van der Waals surface area (Å²) in [5, 5.41) is 7.57. The zero-order valence-electron chi connectivity index (χ0n) is 3.94. The monoisotopic (exact) mass is 120 g/mol. The molecule has 0 heterocycles. The Kier molecular flexibility index (Phi) is 90.2. The molecule has 4 heteroatoms. The summed E-state index contributed by atoms with van der Waals surface area (Å²) in [4.78, 5) is 0. The fourth-order valence-electron chi connectivity index (χ4n) is 0. The minimum atomic E-state index is 0. The zero-order valence-corrected chi connectivity index (χ0v) is 6.70. The van der Waals surface area contributed by atoms with Crippen molar-refractivity contribution in [2.75, 3.05) is 6.61 Å². The fourth-order valence-corrected chi connectivity index (χ4v) is 0. The van der Waals surface area contributed by atoms with E-state index in [1.165, 1.54) is 0 Å². The van der Waals surface area contributed by atoms with Crippen LogP contribution in [-0.4, -0.2) is 11.7 Å². The Morgan fingerprint density at radius 2 is 1.67 bits per heavy atom. The Morgan fingerprint density at radius 3 is 1.67 bits per heavy atom. The molecular formula is C2H6ClNaO2. The molecule has 34 valence electrons. The minimum absolute atomic E-state index is 0. The largest absolute Gasteiger partial charge is 1.00 e. The van der Waals surface area contributed by atoms with Crippen LogP contribution >= 0.6 is 11.9 Å². The summed E-state index contributed by atoms with van der Waals surface area (Å²) in [6, 6.07) is 0. The van der Waals surface area contributed by atoms with E-state index in [2.05, 4.69) is 11.9 Å². The SMILES string of the molecule is CCO.[Na+].[O-]Cl. The maximum absolute atomic E-state index is 7.72. The van der Waals surface area contributed by atoms with Gasteiger partial charge in [-0.25, -0.2) is 11.9 Å². The molecule has 0 unspecified atom stereocenters. The van der Waals surface area contributed by atoms with Crippen LogP contribution in [0.1, 0.15) is 6.92 Å². The van der Waals surface area contributed by atoms with Crippen LogP contribution in [0.2, 0.25) is 0 Å². The summed E-state index contributed by atoms with van der Waals surface area (Å²) in [5.74, 6) is 0. The molecular weight excluding hydrogens is 114 g/mol. The summed E-state index contributed by atoms with van der Waals surface area (Å²) in [5.41, 5.74) is 0. The Labute approximate surface area is 64.6 Å². The first-order valence-electron chi connectivity index (χ1n) is 1.18. The van der Waals surface area contributed by atoms with E-state index in [1.807, 2.05) is 0 Å². The molecule has 6 heavy (non-hydrogen) atoms. The van der Waals surface area contributed by atoms with Gasteiger partial charge in [-0.3, -0.25) is 0 Å². The molecule has 0 bridgehead atoms. The summed E-state index contributed by atoms with van der Waals surface area (Å²) >= 11 is 3.39. The molecule has 0 saturated carbocycles. The number of halogens is 1. The van der Waals surface area contributed by atoms with Crippen molar-refractivity contribution in [1.29, 1.82) is 0 Å².